The molecule has 0 saturated heterocycles. The van der Waals surface area contributed by atoms with Crippen LogP contribution in [-0.4, -0.2) is 22.6 Å². The Hall–Kier alpha value is -1.46. The molecule has 0 aliphatic heterocycles. The smallest absolute Gasteiger partial charge is 0.329 e. The molecule has 0 heterocycles. The van der Waals surface area contributed by atoms with Gasteiger partial charge in [-0.3, -0.25) is 0 Å². The summed E-state index contributed by atoms with van der Waals surface area (Å²) in [6.07, 6.45) is 0.931. The molecule has 1 aromatic carbocycles. The lowest BCUT2D eigenvalue weighted by molar-refractivity contribution is -0.143. The van der Waals surface area contributed by atoms with Crippen molar-refractivity contribution in [3.05, 3.63) is 27.7 Å². The van der Waals surface area contributed by atoms with Crippen molar-refractivity contribution in [1.29, 1.82) is 0 Å². The van der Waals surface area contributed by atoms with Crippen molar-refractivity contribution < 1.29 is 14.7 Å². The van der Waals surface area contributed by atoms with Crippen molar-refractivity contribution in [2.75, 3.05) is 5.32 Å². The van der Waals surface area contributed by atoms with Gasteiger partial charge in [0.15, 0.2) is 0 Å². The number of aliphatic carboxylic acids is 1. The third-order valence-corrected chi connectivity index (χ3v) is 3.94. The largest absolute Gasteiger partial charge is 0.480 e. The van der Waals surface area contributed by atoms with Crippen LogP contribution in [0, 0.1) is 6.92 Å². The molecule has 0 fully saturated rings. The van der Waals surface area contributed by atoms with Gasteiger partial charge in [-0.25, -0.2) is 9.59 Å². The van der Waals surface area contributed by atoms with Gasteiger partial charge in [-0.15, -0.1) is 0 Å². The highest BCUT2D eigenvalue weighted by molar-refractivity contribution is 6.40. The Kier molecular flexibility index (Phi) is 5.87. The van der Waals surface area contributed by atoms with Gasteiger partial charge < -0.3 is 15.7 Å². The van der Waals surface area contributed by atoms with Gasteiger partial charge in [-0.2, -0.15) is 0 Å². The molecule has 0 aliphatic rings. The molecular formula is C14H18Cl2N2O3. The van der Waals surface area contributed by atoms with Crippen molar-refractivity contribution in [2.24, 2.45) is 0 Å². The van der Waals surface area contributed by atoms with Crippen molar-refractivity contribution in [1.82, 2.24) is 5.32 Å². The van der Waals surface area contributed by atoms with Gasteiger partial charge in [0.1, 0.15) is 5.54 Å². The van der Waals surface area contributed by atoms with Crippen LogP contribution in [0.25, 0.3) is 0 Å². The number of carboxylic acids is 1. The van der Waals surface area contributed by atoms with E-state index in [1.54, 1.807) is 19.1 Å². The van der Waals surface area contributed by atoms with Crippen molar-refractivity contribution in [3.8, 4) is 0 Å². The molecule has 0 aliphatic carbocycles. The Labute approximate surface area is 133 Å². The van der Waals surface area contributed by atoms with E-state index >= 15 is 0 Å². The quantitative estimate of drug-likeness (QED) is 0.760. The molecule has 5 nitrogen and oxygen atoms in total. The number of halogens is 2. The van der Waals surface area contributed by atoms with Gasteiger partial charge in [0.25, 0.3) is 0 Å². The lowest BCUT2D eigenvalue weighted by Crippen LogP contribution is -2.53. The van der Waals surface area contributed by atoms with Crippen LogP contribution in [-0.2, 0) is 4.79 Å². The maximum absolute atomic E-state index is 12.0. The molecule has 1 aromatic rings. The van der Waals surface area contributed by atoms with Crippen LogP contribution >= 0.6 is 23.2 Å². The highest BCUT2D eigenvalue weighted by Gasteiger charge is 2.34. The summed E-state index contributed by atoms with van der Waals surface area (Å²) in [5, 5.41) is 14.8. The molecular weight excluding hydrogens is 315 g/mol. The van der Waals surface area contributed by atoms with Gasteiger partial charge in [-0.1, -0.05) is 42.6 Å². The molecule has 21 heavy (non-hydrogen) atoms. The highest BCUT2D eigenvalue weighted by atomic mass is 35.5. The standard InChI is InChI=1S/C14H18Cl2N2O3/c1-4-7-14(3,12(19)20)18-13(21)17-11-9(15)6-5-8(2)10(11)16/h5-6H,4,7H2,1-3H3,(H,19,20)(H2,17,18,21). The van der Waals surface area contributed by atoms with Crippen LogP contribution in [0.15, 0.2) is 12.1 Å². The summed E-state index contributed by atoms with van der Waals surface area (Å²) in [7, 11) is 0. The first-order valence-corrected chi connectivity index (χ1v) is 7.24. The third-order valence-electron chi connectivity index (χ3n) is 3.13. The fourth-order valence-corrected chi connectivity index (χ4v) is 2.35. The first kappa shape index (κ1) is 17.6. The predicted octanol–water partition coefficient (Wildman–Crippen LogP) is 4.07. The predicted molar refractivity (Wildman–Crippen MR) is 84.3 cm³/mol. The minimum Gasteiger partial charge on any atom is -0.480 e. The number of rotatable bonds is 5. The number of aryl methyl sites for hydroxylation is 1. The van der Waals surface area contributed by atoms with E-state index in [1.807, 2.05) is 6.92 Å². The summed E-state index contributed by atoms with van der Waals surface area (Å²) in [4.78, 5) is 23.3. The Balaban J connectivity index is 2.92. The Bertz CT molecular complexity index is 563. The molecule has 116 valence electrons. The van der Waals surface area contributed by atoms with E-state index in [2.05, 4.69) is 10.6 Å². The lowest BCUT2D eigenvalue weighted by atomic mass is 9.97. The molecule has 0 radical (unpaired) electrons. The Morgan fingerprint density at radius 2 is 1.95 bits per heavy atom. The normalized spacial score (nSPS) is 13.4. The number of nitrogens with one attached hydrogen (secondary N) is 2. The molecule has 0 aromatic heterocycles. The third kappa shape index (κ3) is 4.25. The molecule has 2 amide bonds. The van der Waals surface area contributed by atoms with Crippen LogP contribution in [0.5, 0.6) is 0 Å². The minimum absolute atomic E-state index is 0.264. The van der Waals surface area contributed by atoms with Crippen LogP contribution < -0.4 is 10.6 Å². The first-order valence-electron chi connectivity index (χ1n) is 6.48. The average Bonchev–Trinajstić information content (AvgIpc) is 2.39. The fraction of sp³-hybridized carbons (Fsp3) is 0.429. The number of hydrogen-bond donors (Lipinski definition) is 3. The van der Waals surface area contributed by atoms with Gasteiger partial charge in [0.2, 0.25) is 0 Å². The van der Waals surface area contributed by atoms with E-state index in [0.717, 1.165) is 5.56 Å². The maximum Gasteiger partial charge on any atom is 0.329 e. The van der Waals surface area contributed by atoms with Gasteiger partial charge >= 0.3 is 12.0 Å². The number of anilines is 1. The Morgan fingerprint density at radius 3 is 2.48 bits per heavy atom. The number of carbonyl (C=O) groups excluding carboxylic acids is 1. The molecule has 7 heteroatoms. The lowest BCUT2D eigenvalue weighted by Gasteiger charge is -2.26. The SMILES string of the molecule is CCCC(C)(NC(=O)Nc1c(Cl)ccc(C)c1Cl)C(=O)O. The number of carboxylic acid groups (broad SMARTS) is 1. The van der Waals surface area contributed by atoms with E-state index < -0.39 is 17.5 Å². The van der Waals surface area contributed by atoms with E-state index in [1.165, 1.54) is 6.92 Å². The first-order chi connectivity index (χ1) is 9.71. The molecule has 3 N–H and O–H groups in total. The van der Waals surface area contributed by atoms with Gasteiger partial charge in [-0.05, 0) is 31.9 Å². The minimum atomic E-state index is -1.35. The topological polar surface area (TPSA) is 78.4 Å². The number of benzene rings is 1. The summed E-state index contributed by atoms with van der Waals surface area (Å²) in [5.41, 5.74) is -0.326. The van der Waals surface area contributed by atoms with E-state index in [-0.39, 0.29) is 10.7 Å². The zero-order valence-electron chi connectivity index (χ0n) is 12.1. The van der Waals surface area contributed by atoms with Crippen LogP contribution in [0.3, 0.4) is 0 Å². The molecule has 1 rings (SSSR count). The summed E-state index contributed by atoms with van der Waals surface area (Å²) >= 11 is 12.1. The van der Waals surface area contributed by atoms with Crippen LogP contribution in [0.4, 0.5) is 10.5 Å². The molecule has 0 spiro atoms. The van der Waals surface area contributed by atoms with Gasteiger partial charge in [0.05, 0.1) is 15.7 Å². The number of carbonyl (C=O) groups is 2. The van der Waals surface area contributed by atoms with Crippen LogP contribution in [0.1, 0.15) is 32.3 Å². The molecule has 0 saturated carbocycles. The number of amides is 2. The summed E-state index contributed by atoms with van der Waals surface area (Å²) in [5.74, 6) is -1.10. The summed E-state index contributed by atoms with van der Waals surface area (Å²) in [6.45, 7) is 5.08. The molecule has 1 atom stereocenters. The Morgan fingerprint density at radius 1 is 1.33 bits per heavy atom. The zero-order chi connectivity index (χ0) is 16.2. The van der Waals surface area contributed by atoms with Crippen molar-refractivity contribution in [2.45, 2.75) is 39.2 Å². The zero-order valence-corrected chi connectivity index (χ0v) is 13.6. The molecule has 1 unspecified atom stereocenters. The second-order valence-electron chi connectivity index (χ2n) is 5.02. The second-order valence-corrected chi connectivity index (χ2v) is 5.80. The van der Waals surface area contributed by atoms with E-state index in [9.17, 15) is 14.7 Å². The van der Waals surface area contributed by atoms with E-state index in [0.29, 0.717) is 17.9 Å². The fourth-order valence-electron chi connectivity index (χ4n) is 1.89. The monoisotopic (exact) mass is 332 g/mol. The van der Waals surface area contributed by atoms with Gasteiger partial charge in [0, 0.05) is 0 Å². The maximum atomic E-state index is 12.0. The number of urea groups is 1. The van der Waals surface area contributed by atoms with Crippen molar-refractivity contribution >= 4 is 40.9 Å². The van der Waals surface area contributed by atoms with Crippen LogP contribution in [0.2, 0.25) is 10.0 Å². The van der Waals surface area contributed by atoms with E-state index in [4.69, 9.17) is 23.2 Å². The second kappa shape index (κ2) is 7.00. The summed E-state index contributed by atoms with van der Waals surface area (Å²) in [6, 6.07) is 2.68. The average molecular weight is 333 g/mol. The molecule has 0 bridgehead atoms. The highest BCUT2D eigenvalue weighted by Crippen LogP contribution is 2.32. The summed E-state index contributed by atoms with van der Waals surface area (Å²) < 4.78 is 0. The van der Waals surface area contributed by atoms with Crippen molar-refractivity contribution in [3.63, 3.8) is 0 Å². The number of hydrogen-bond acceptors (Lipinski definition) is 2.